The van der Waals surface area contributed by atoms with Crippen molar-refractivity contribution in [1.82, 2.24) is 9.97 Å². The lowest BCUT2D eigenvalue weighted by Gasteiger charge is -1.98. The van der Waals surface area contributed by atoms with E-state index in [4.69, 9.17) is 17.3 Å². The van der Waals surface area contributed by atoms with Gasteiger partial charge in [-0.3, -0.25) is 4.98 Å². The molecule has 0 aliphatic carbocycles. The molecule has 3 nitrogen and oxygen atoms in total. The van der Waals surface area contributed by atoms with Gasteiger partial charge in [-0.2, -0.15) is 0 Å². The Balaban J connectivity index is 2.07. The summed E-state index contributed by atoms with van der Waals surface area (Å²) < 4.78 is 0. The van der Waals surface area contributed by atoms with Gasteiger partial charge in [0.05, 0.1) is 11.4 Å². The second kappa shape index (κ2) is 4.44. The van der Waals surface area contributed by atoms with Crippen LogP contribution in [0.2, 0.25) is 5.02 Å². The summed E-state index contributed by atoms with van der Waals surface area (Å²) in [6, 6.07) is 11.8. The van der Waals surface area contributed by atoms with Crippen molar-refractivity contribution in [3.8, 4) is 11.4 Å². The van der Waals surface area contributed by atoms with Crippen molar-refractivity contribution < 1.29 is 0 Å². The van der Waals surface area contributed by atoms with Crippen LogP contribution in [0.25, 0.3) is 22.3 Å². The molecule has 3 rings (SSSR count). The van der Waals surface area contributed by atoms with Crippen molar-refractivity contribution in [2.45, 2.75) is 6.54 Å². The van der Waals surface area contributed by atoms with Gasteiger partial charge in [0.1, 0.15) is 0 Å². The molecular formula is C14H12ClN3. The Morgan fingerprint density at radius 3 is 2.78 bits per heavy atom. The molecule has 2 heterocycles. The van der Waals surface area contributed by atoms with E-state index in [9.17, 15) is 0 Å². The summed E-state index contributed by atoms with van der Waals surface area (Å²) in [6.45, 7) is 0.510. The summed E-state index contributed by atoms with van der Waals surface area (Å²) in [5.41, 5.74) is 9.52. The number of aromatic nitrogens is 2. The molecule has 0 atom stereocenters. The summed E-state index contributed by atoms with van der Waals surface area (Å²) in [6.07, 6.45) is 1.80. The van der Waals surface area contributed by atoms with Crippen molar-refractivity contribution in [1.29, 1.82) is 0 Å². The van der Waals surface area contributed by atoms with E-state index in [0.29, 0.717) is 6.54 Å². The molecule has 0 aliphatic heterocycles. The average molecular weight is 258 g/mol. The lowest BCUT2D eigenvalue weighted by molar-refractivity contribution is 1.05. The van der Waals surface area contributed by atoms with Crippen LogP contribution in [0, 0.1) is 0 Å². The number of benzene rings is 1. The second-order valence-corrected chi connectivity index (χ2v) is 4.61. The predicted molar refractivity (Wildman–Crippen MR) is 74.4 cm³/mol. The molecule has 0 radical (unpaired) electrons. The summed E-state index contributed by atoms with van der Waals surface area (Å²) in [5, 5.41) is 1.82. The van der Waals surface area contributed by atoms with Gasteiger partial charge < -0.3 is 10.7 Å². The number of hydrogen-bond acceptors (Lipinski definition) is 2. The second-order valence-electron chi connectivity index (χ2n) is 4.17. The van der Waals surface area contributed by atoms with Crippen LogP contribution in [0.15, 0.2) is 42.6 Å². The molecule has 0 fully saturated rings. The number of H-pyrrole nitrogens is 1. The van der Waals surface area contributed by atoms with Gasteiger partial charge in [-0.05, 0) is 35.9 Å². The van der Waals surface area contributed by atoms with E-state index >= 15 is 0 Å². The monoisotopic (exact) mass is 257 g/mol. The number of fused-ring (bicyclic) bond motifs is 1. The fourth-order valence-electron chi connectivity index (χ4n) is 1.95. The average Bonchev–Trinajstić information content (AvgIpc) is 2.81. The Kier molecular flexibility index (Phi) is 2.78. The molecule has 0 unspecified atom stereocenters. The SMILES string of the molecule is NCc1ccc(-c2cc3cc(Cl)ccc3[nH]2)nc1. The minimum absolute atomic E-state index is 0.510. The number of hydrogen-bond donors (Lipinski definition) is 2. The van der Waals surface area contributed by atoms with Crippen LogP contribution >= 0.6 is 11.6 Å². The third kappa shape index (κ3) is 1.98. The van der Waals surface area contributed by atoms with E-state index in [2.05, 4.69) is 9.97 Å². The molecule has 18 heavy (non-hydrogen) atoms. The minimum Gasteiger partial charge on any atom is -0.353 e. The molecule has 0 spiro atoms. The third-order valence-corrected chi connectivity index (χ3v) is 3.15. The van der Waals surface area contributed by atoms with Crippen molar-refractivity contribution in [2.75, 3.05) is 0 Å². The normalized spacial score (nSPS) is 11.0. The first-order valence-electron chi connectivity index (χ1n) is 5.70. The summed E-state index contributed by atoms with van der Waals surface area (Å²) >= 11 is 5.97. The van der Waals surface area contributed by atoms with E-state index in [1.54, 1.807) is 6.20 Å². The molecule has 90 valence electrons. The molecule has 3 aromatic rings. The molecule has 0 saturated carbocycles. The predicted octanol–water partition coefficient (Wildman–Crippen LogP) is 3.34. The van der Waals surface area contributed by atoms with Gasteiger partial charge in [-0.25, -0.2) is 0 Å². The van der Waals surface area contributed by atoms with Crippen LogP contribution in [0.5, 0.6) is 0 Å². The molecular weight excluding hydrogens is 246 g/mol. The standard InChI is InChI=1S/C14H12ClN3/c15-11-2-4-12-10(5-11)6-14(18-12)13-3-1-9(7-16)8-17-13/h1-6,8,18H,7,16H2. The van der Waals surface area contributed by atoms with Crippen LogP contribution in [0.3, 0.4) is 0 Å². The van der Waals surface area contributed by atoms with E-state index in [-0.39, 0.29) is 0 Å². The van der Waals surface area contributed by atoms with Crippen molar-refractivity contribution >= 4 is 22.5 Å². The quantitative estimate of drug-likeness (QED) is 0.740. The van der Waals surface area contributed by atoms with E-state index in [0.717, 1.165) is 32.9 Å². The van der Waals surface area contributed by atoms with Gasteiger partial charge in [0.25, 0.3) is 0 Å². The van der Waals surface area contributed by atoms with Gasteiger partial charge in [0.15, 0.2) is 0 Å². The van der Waals surface area contributed by atoms with Gasteiger partial charge in [-0.15, -0.1) is 0 Å². The van der Waals surface area contributed by atoms with E-state index in [1.165, 1.54) is 0 Å². The lowest BCUT2D eigenvalue weighted by atomic mass is 10.2. The number of nitrogens with two attached hydrogens (primary N) is 1. The Morgan fingerprint density at radius 1 is 1.17 bits per heavy atom. The van der Waals surface area contributed by atoms with Gasteiger partial charge in [0, 0.05) is 28.7 Å². The van der Waals surface area contributed by atoms with Crippen molar-refractivity contribution in [3.63, 3.8) is 0 Å². The molecule has 0 bridgehead atoms. The zero-order chi connectivity index (χ0) is 12.5. The Labute approximate surface area is 110 Å². The van der Waals surface area contributed by atoms with Crippen LogP contribution in [-0.4, -0.2) is 9.97 Å². The summed E-state index contributed by atoms with van der Waals surface area (Å²) in [5.74, 6) is 0. The number of nitrogens with one attached hydrogen (secondary N) is 1. The molecule has 0 amide bonds. The maximum atomic E-state index is 5.97. The Hall–Kier alpha value is -1.84. The lowest BCUT2D eigenvalue weighted by Crippen LogP contribution is -1.96. The molecule has 4 heteroatoms. The highest BCUT2D eigenvalue weighted by atomic mass is 35.5. The molecule has 3 N–H and O–H groups in total. The van der Waals surface area contributed by atoms with Crippen LogP contribution in [0.4, 0.5) is 0 Å². The smallest absolute Gasteiger partial charge is 0.0864 e. The molecule has 0 saturated heterocycles. The fraction of sp³-hybridized carbons (Fsp3) is 0.0714. The van der Waals surface area contributed by atoms with E-state index in [1.807, 2.05) is 36.4 Å². The zero-order valence-corrected chi connectivity index (χ0v) is 10.4. The highest BCUT2D eigenvalue weighted by molar-refractivity contribution is 6.31. The minimum atomic E-state index is 0.510. The van der Waals surface area contributed by atoms with Crippen molar-refractivity contribution in [2.24, 2.45) is 5.73 Å². The van der Waals surface area contributed by atoms with Crippen LogP contribution in [-0.2, 0) is 6.54 Å². The number of aromatic amines is 1. The van der Waals surface area contributed by atoms with Crippen molar-refractivity contribution in [3.05, 3.63) is 53.2 Å². The van der Waals surface area contributed by atoms with Gasteiger partial charge in [0.2, 0.25) is 0 Å². The van der Waals surface area contributed by atoms with Crippen LogP contribution in [0.1, 0.15) is 5.56 Å². The highest BCUT2D eigenvalue weighted by Crippen LogP contribution is 2.25. The third-order valence-electron chi connectivity index (χ3n) is 2.92. The maximum Gasteiger partial charge on any atom is 0.0864 e. The zero-order valence-electron chi connectivity index (χ0n) is 9.65. The largest absolute Gasteiger partial charge is 0.353 e. The Morgan fingerprint density at radius 2 is 2.06 bits per heavy atom. The first-order valence-corrected chi connectivity index (χ1v) is 6.08. The first kappa shape index (κ1) is 11.3. The Bertz CT molecular complexity index is 686. The van der Waals surface area contributed by atoms with Gasteiger partial charge in [-0.1, -0.05) is 17.7 Å². The fourth-order valence-corrected chi connectivity index (χ4v) is 2.13. The summed E-state index contributed by atoms with van der Waals surface area (Å²) in [4.78, 5) is 7.72. The number of nitrogens with zero attached hydrogens (tertiary/aromatic N) is 1. The summed E-state index contributed by atoms with van der Waals surface area (Å²) in [7, 11) is 0. The molecule has 0 aliphatic rings. The number of halogens is 1. The number of pyridine rings is 1. The molecule has 1 aromatic carbocycles. The molecule has 2 aromatic heterocycles. The topological polar surface area (TPSA) is 54.7 Å². The maximum absolute atomic E-state index is 5.97. The number of rotatable bonds is 2. The first-order chi connectivity index (χ1) is 8.76. The van der Waals surface area contributed by atoms with Crippen LogP contribution < -0.4 is 5.73 Å². The highest BCUT2D eigenvalue weighted by Gasteiger charge is 2.04. The van der Waals surface area contributed by atoms with E-state index < -0.39 is 0 Å². The van der Waals surface area contributed by atoms with Gasteiger partial charge >= 0.3 is 0 Å².